The van der Waals surface area contributed by atoms with E-state index in [1.165, 1.54) is 38.4 Å². The molecule has 0 aliphatic carbocycles. The first-order valence-electron chi connectivity index (χ1n) is 10.6. The van der Waals surface area contributed by atoms with E-state index in [-0.39, 0.29) is 5.82 Å². The van der Waals surface area contributed by atoms with Crippen molar-refractivity contribution in [2.75, 3.05) is 0 Å². The molecule has 0 spiro atoms. The van der Waals surface area contributed by atoms with Crippen molar-refractivity contribution in [3.05, 3.63) is 71.2 Å². The molecule has 6 aromatic rings. The molecule has 0 amide bonds. The topological polar surface area (TPSA) is 8.29 Å². The van der Waals surface area contributed by atoms with Crippen LogP contribution in [0.1, 0.15) is 36.5 Å². The van der Waals surface area contributed by atoms with E-state index in [0.717, 1.165) is 27.3 Å². The summed E-state index contributed by atoms with van der Waals surface area (Å²) < 4.78 is 19.7. The summed E-state index contributed by atoms with van der Waals surface area (Å²) in [7, 11) is 2.11. The fraction of sp³-hybridized carbons (Fsp3) is 0.222. The number of halogens is 1. The lowest BCUT2D eigenvalue weighted by Crippen LogP contribution is -2.29. The fourth-order valence-corrected chi connectivity index (χ4v) is 5.27. The highest BCUT2D eigenvalue weighted by molar-refractivity contribution is 6.26. The number of pyridine rings is 2. The highest BCUT2D eigenvalue weighted by Crippen LogP contribution is 2.42. The van der Waals surface area contributed by atoms with Gasteiger partial charge in [-0.1, -0.05) is 26.0 Å². The van der Waals surface area contributed by atoms with Crippen LogP contribution in [0.2, 0.25) is 0 Å². The lowest BCUT2D eigenvalue weighted by molar-refractivity contribution is -0.643. The van der Waals surface area contributed by atoms with E-state index in [4.69, 9.17) is 0 Å². The van der Waals surface area contributed by atoms with E-state index < -0.39 is 0 Å². The molecule has 0 saturated carbocycles. The van der Waals surface area contributed by atoms with E-state index in [9.17, 15) is 0 Å². The molecule has 0 aliphatic heterocycles. The Bertz CT molecular complexity index is 1650. The van der Waals surface area contributed by atoms with Crippen LogP contribution >= 0.6 is 0 Å². The summed E-state index contributed by atoms with van der Waals surface area (Å²) in [6.45, 7) is 8.78. The molecule has 30 heavy (non-hydrogen) atoms. The molecule has 0 atom stereocenters. The molecule has 3 aromatic carbocycles. The number of aryl methyl sites for hydroxylation is 3. The number of aromatic nitrogens is 2. The predicted molar refractivity (Wildman–Crippen MR) is 123 cm³/mol. The van der Waals surface area contributed by atoms with Gasteiger partial charge in [0.2, 0.25) is 5.52 Å². The molecule has 0 aliphatic rings. The first-order valence-corrected chi connectivity index (χ1v) is 10.6. The van der Waals surface area contributed by atoms with Gasteiger partial charge in [-0.3, -0.25) is 0 Å². The van der Waals surface area contributed by atoms with Gasteiger partial charge < -0.3 is 4.40 Å². The van der Waals surface area contributed by atoms with Crippen molar-refractivity contribution >= 4 is 49.0 Å². The third-order valence-corrected chi connectivity index (χ3v) is 6.93. The van der Waals surface area contributed by atoms with Gasteiger partial charge in [-0.05, 0) is 66.1 Å². The van der Waals surface area contributed by atoms with E-state index >= 15 is 4.39 Å². The average molecular weight is 396 g/mol. The minimum atomic E-state index is -0.156. The van der Waals surface area contributed by atoms with Gasteiger partial charge in [0.1, 0.15) is 12.9 Å². The summed E-state index contributed by atoms with van der Waals surface area (Å²) in [6.07, 6.45) is 2.15. The van der Waals surface area contributed by atoms with Gasteiger partial charge in [-0.25, -0.2) is 8.96 Å². The van der Waals surface area contributed by atoms with E-state index in [2.05, 4.69) is 80.2 Å². The maximum Gasteiger partial charge on any atom is 0.224 e. The Morgan fingerprint density at radius 3 is 2.50 bits per heavy atom. The van der Waals surface area contributed by atoms with Crippen LogP contribution in [0.4, 0.5) is 4.39 Å². The normalized spacial score (nSPS) is 12.6. The van der Waals surface area contributed by atoms with Crippen LogP contribution in [-0.4, -0.2) is 4.40 Å². The summed E-state index contributed by atoms with van der Waals surface area (Å²) in [6, 6.07) is 14.4. The molecule has 148 valence electrons. The number of hydrogen-bond donors (Lipinski definition) is 0. The average Bonchev–Trinajstić information content (AvgIpc) is 3.05. The highest BCUT2D eigenvalue weighted by Gasteiger charge is 2.26. The van der Waals surface area contributed by atoms with Crippen molar-refractivity contribution in [3.8, 4) is 0 Å². The monoisotopic (exact) mass is 395 g/mol. The lowest BCUT2D eigenvalue weighted by atomic mass is 9.94. The smallest absolute Gasteiger partial charge is 0.224 e. The van der Waals surface area contributed by atoms with Crippen LogP contribution in [0, 0.1) is 19.7 Å². The maximum absolute atomic E-state index is 15.1. The Kier molecular flexibility index (Phi) is 3.35. The number of rotatable bonds is 1. The second kappa shape index (κ2) is 5.69. The largest absolute Gasteiger partial charge is 0.307 e. The van der Waals surface area contributed by atoms with Crippen molar-refractivity contribution in [2.24, 2.45) is 7.05 Å². The number of nitrogens with zero attached hydrogens (tertiary/aromatic N) is 2. The van der Waals surface area contributed by atoms with E-state index in [1.54, 1.807) is 6.07 Å². The van der Waals surface area contributed by atoms with Gasteiger partial charge in [0, 0.05) is 16.8 Å². The van der Waals surface area contributed by atoms with Crippen LogP contribution in [0.3, 0.4) is 0 Å². The van der Waals surface area contributed by atoms with Gasteiger partial charge in [-0.15, -0.1) is 0 Å². The molecule has 0 radical (unpaired) electrons. The van der Waals surface area contributed by atoms with Crippen molar-refractivity contribution in [3.63, 3.8) is 0 Å². The minimum Gasteiger partial charge on any atom is -0.307 e. The Labute approximate surface area is 174 Å². The van der Waals surface area contributed by atoms with Gasteiger partial charge in [0.05, 0.1) is 27.3 Å². The van der Waals surface area contributed by atoms with Crippen LogP contribution in [0.5, 0.6) is 0 Å². The molecule has 0 fully saturated rings. The molecule has 3 heterocycles. The standard InChI is InChI=1S/C27H24FN2/c1-14(2)18-12-17-9-10-29(5)27-23-16(4)15(3)11-19-25-20(28)7-6-8-21(25)30(26(19)23)22(13-18)24(17)27/h6-14H,1-5H3/q+1. The third-order valence-electron chi connectivity index (χ3n) is 6.93. The summed E-state index contributed by atoms with van der Waals surface area (Å²) in [4.78, 5) is 0. The predicted octanol–water partition coefficient (Wildman–Crippen LogP) is 6.69. The summed E-state index contributed by atoms with van der Waals surface area (Å²) in [5.74, 6) is 0.260. The fourth-order valence-electron chi connectivity index (χ4n) is 5.27. The van der Waals surface area contributed by atoms with Gasteiger partial charge in [-0.2, -0.15) is 0 Å². The molecule has 0 saturated heterocycles. The highest BCUT2D eigenvalue weighted by atomic mass is 19.1. The molecule has 0 N–H and O–H groups in total. The second-order valence-corrected chi connectivity index (χ2v) is 8.99. The minimum absolute atomic E-state index is 0.156. The molecular formula is C27H24FN2+. The molecule has 6 rings (SSSR count). The second-order valence-electron chi connectivity index (χ2n) is 8.99. The lowest BCUT2D eigenvalue weighted by Gasteiger charge is -2.16. The van der Waals surface area contributed by atoms with Gasteiger partial charge in [0.25, 0.3) is 0 Å². The SMILES string of the molecule is Cc1cc2c3c(F)cccc3n3c4cc(C(C)C)cc5cc[n+](C)c(c(c1C)c23)c54. The zero-order valence-electron chi connectivity index (χ0n) is 18.0. The molecule has 2 nitrogen and oxygen atoms in total. The number of benzene rings is 3. The number of fused-ring (bicyclic) bond motifs is 5. The van der Waals surface area contributed by atoms with E-state index in [0.29, 0.717) is 5.92 Å². The molecule has 3 aromatic heterocycles. The molecular weight excluding hydrogens is 371 g/mol. The van der Waals surface area contributed by atoms with Crippen LogP contribution in [0.25, 0.3) is 49.0 Å². The zero-order chi connectivity index (χ0) is 20.9. The Hall–Kier alpha value is -3.20. The van der Waals surface area contributed by atoms with Gasteiger partial charge in [0.15, 0.2) is 6.20 Å². The third kappa shape index (κ3) is 2.00. The Balaban J connectivity index is 2.11. The van der Waals surface area contributed by atoms with Crippen molar-refractivity contribution in [1.29, 1.82) is 0 Å². The molecule has 3 heteroatoms. The van der Waals surface area contributed by atoms with Crippen molar-refractivity contribution < 1.29 is 8.96 Å². The first kappa shape index (κ1) is 17.6. The van der Waals surface area contributed by atoms with Crippen LogP contribution in [0.15, 0.2) is 48.7 Å². The zero-order valence-corrected chi connectivity index (χ0v) is 18.0. The Morgan fingerprint density at radius 2 is 1.73 bits per heavy atom. The summed E-state index contributed by atoms with van der Waals surface area (Å²) in [5, 5.41) is 5.42. The van der Waals surface area contributed by atoms with Crippen LogP contribution in [-0.2, 0) is 7.05 Å². The van der Waals surface area contributed by atoms with Crippen LogP contribution < -0.4 is 4.57 Å². The molecule has 0 bridgehead atoms. The van der Waals surface area contributed by atoms with Crippen molar-refractivity contribution in [1.82, 2.24) is 4.40 Å². The maximum atomic E-state index is 15.1. The van der Waals surface area contributed by atoms with Crippen molar-refractivity contribution in [2.45, 2.75) is 33.6 Å². The quantitative estimate of drug-likeness (QED) is 0.166. The summed E-state index contributed by atoms with van der Waals surface area (Å²) >= 11 is 0. The van der Waals surface area contributed by atoms with E-state index in [1.807, 2.05) is 6.07 Å². The van der Waals surface area contributed by atoms with Gasteiger partial charge >= 0.3 is 0 Å². The summed E-state index contributed by atoms with van der Waals surface area (Å²) in [5.41, 5.74) is 8.19. The first-order chi connectivity index (χ1) is 14.4. The Morgan fingerprint density at radius 1 is 0.933 bits per heavy atom. The molecule has 0 unspecified atom stereocenters. The number of hydrogen-bond acceptors (Lipinski definition) is 0.